The number of hydrogen-bond donors (Lipinski definition) is 1. The van der Waals surface area contributed by atoms with E-state index in [1.54, 1.807) is 19.2 Å². The number of ether oxygens (including phenoxy) is 1. The van der Waals surface area contributed by atoms with Gasteiger partial charge in [0.25, 0.3) is 0 Å². The van der Waals surface area contributed by atoms with Crippen LogP contribution in [0.3, 0.4) is 0 Å². The molecule has 0 radical (unpaired) electrons. The largest absolute Gasteiger partial charge is 0.462 e. The van der Waals surface area contributed by atoms with E-state index >= 15 is 0 Å². The normalized spacial score (nSPS) is 12.3. The lowest BCUT2D eigenvalue weighted by atomic mass is 10.1. The summed E-state index contributed by atoms with van der Waals surface area (Å²) in [5, 5.41) is 0.375. The van der Waals surface area contributed by atoms with Crippen molar-refractivity contribution in [1.29, 1.82) is 0 Å². The van der Waals surface area contributed by atoms with Gasteiger partial charge in [-0.1, -0.05) is 6.07 Å². The van der Waals surface area contributed by atoms with Crippen LogP contribution in [0, 0.1) is 13.8 Å². The Labute approximate surface area is 148 Å². The number of aromatic amines is 1. The number of aromatic nitrogens is 3. The molecule has 0 bridgehead atoms. The Bertz CT molecular complexity index is 965. The second-order valence-electron chi connectivity index (χ2n) is 5.70. The third-order valence-electron chi connectivity index (χ3n) is 3.90. The second-order valence-corrected chi connectivity index (χ2v) is 7.07. The zero-order valence-corrected chi connectivity index (χ0v) is 15.1. The molecule has 3 rings (SSSR count). The first-order chi connectivity index (χ1) is 12.0. The van der Waals surface area contributed by atoms with E-state index in [9.17, 15) is 9.00 Å². The molecule has 0 fully saturated rings. The van der Waals surface area contributed by atoms with Gasteiger partial charge in [0.2, 0.25) is 0 Å². The van der Waals surface area contributed by atoms with Gasteiger partial charge in [-0.3, -0.25) is 9.19 Å². The Morgan fingerprint density at radius 2 is 2.08 bits per heavy atom. The summed E-state index contributed by atoms with van der Waals surface area (Å²) >= 11 is 0. The van der Waals surface area contributed by atoms with E-state index in [-0.39, 0.29) is 11.7 Å². The van der Waals surface area contributed by atoms with Gasteiger partial charge in [0.1, 0.15) is 0 Å². The van der Waals surface area contributed by atoms with Gasteiger partial charge in [-0.2, -0.15) is 0 Å². The van der Waals surface area contributed by atoms with Crippen molar-refractivity contribution in [2.45, 2.75) is 31.7 Å². The highest BCUT2D eigenvalue weighted by atomic mass is 32.2. The Hall–Kier alpha value is -2.54. The van der Waals surface area contributed by atoms with Gasteiger partial charge in [-0.05, 0) is 50.1 Å². The summed E-state index contributed by atoms with van der Waals surface area (Å²) in [5.74, 6) is -0.0902. The minimum Gasteiger partial charge on any atom is -0.462 e. The fraction of sp³-hybridized carbons (Fsp3) is 0.278. The lowest BCUT2D eigenvalue weighted by Crippen LogP contribution is -2.06. The number of nitrogens with zero attached hydrogens (tertiary/aromatic N) is 2. The minimum atomic E-state index is -1.35. The van der Waals surface area contributed by atoms with Gasteiger partial charge in [-0.25, -0.2) is 9.78 Å². The van der Waals surface area contributed by atoms with E-state index in [2.05, 4.69) is 15.0 Å². The monoisotopic (exact) mass is 357 g/mol. The lowest BCUT2D eigenvalue weighted by molar-refractivity contribution is 0.0525. The molecule has 0 aliphatic heterocycles. The molecule has 7 heteroatoms. The van der Waals surface area contributed by atoms with Gasteiger partial charge in [0.05, 0.1) is 45.5 Å². The predicted molar refractivity (Wildman–Crippen MR) is 95.9 cm³/mol. The van der Waals surface area contributed by atoms with E-state index in [4.69, 9.17) is 4.74 Å². The summed E-state index contributed by atoms with van der Waals surface area (Å²) in [6, 6.07) is 7.28. The van der Waals surface area contributed by atoms with E-state index in [1.165, 1.54) is 0 Å². The standard InChI is InChI=1S/C18H19N3O3S/c1-4-24-17(22)13-9-15-14(8-12(13)3)20-18(21-15)25(23)10-16-11(2)6-5-7-19-16/h5-9H,4,10H2,1-3H3,(H,20,21). The molecule has 0 amide bonds. The van der Waals surface area contributed by atoms with Crippen LogP contribution in [0.15, 0.2) is 35.6 Å². The zero-order valence-electron chi connectivity index (χ0n) is 14.3. The molecule has 0 saturated heterocycles. The zero-order chi connectivity index (χ0) is 18.0. The van der Waals surface area contributed by atoms with Crippen LogP contribution >= 0.6 is 0 Å². The molecule has 2 heterocycles. The van der Waals surface area contributed by atoms with E-state index in [0.29, 0.717) is 22.8 Å². The van der Waals surface area contributed by atoms with E-state index < -0.39 is 10.8 Å². The van der Waals surface area contributed by atoms with Crippen molar-refractivity contribution in [3.8, 4) is 0 Å². The molecule has 2 aromatic heterocycles. The molecule has 0 saturated carbocycles. The molecule has 1 atom stereocenters. The lowest BCUT2D eigenvalue weighted by Gasteiger charge is -2.04. The van der Waals surface area contributed by atoms with Crippen LogP contribution in [-0.4, -0.2) is 31.7 Å². The van der Waals surface area contributed by atoms with Crippen LogP contribution in [0.5, 0.6) is 0 Å². The summed E-state index contributed by atoms with van der Waals surface area (Å²) in [6.45, 7) is 5.85. The first kappa shape index (κ1) is 17.3. The number of aryl methyl sites for hydroxylation is 2. The maximum Gasteiger partial charge on any atom is 0.338 e. The maximum atomic E-state index is 12.6. The van der Waals surface area contributed by atoms with Crippen LogP contribution < -0.4 is 0 Å². The summed E-state index contributed by atoms with van der Waals surface area (Å²) in [4.78, 5) is 23.7. The van der Waals surface area contributed by atoms with E-state index in [1.807, 2.05) is 32.0 Å². The van der Waals surface area contributed by atoms with Crippen molar-refractivity contribution in [2.24, 2.45) is 0 Å². The number of carbonyl (C=O) groups is 1. The summed E-state index contributed by atoms with van der Waals surface area (Å²) in [6.07, 6.45) is 1.69. The molecule has 0 aliphatic carbocycles. The molecule has 3 aromatic rings. The third kappa shape index (κ3) is 3.61. The number of nitrogens with one attached hydrogen (secondary N) is 1. The fourth-order valence-electron chi connectivity index (χ4n) is 2.54. The van der Waals surface area contributed by atoms with Crippen molar-refractivity contribution in [1.82, 2.24) is 15.0 Å². The predicted octanol–water partition coefficient (Wildman–Crippen LogP) is 3.06. The number of fused-ring (bicyclic) bond motifs is 1. The average Bonchev–Trinajstić information content (AvgIpc) is 2.99. The highest BCUT2D eigenvalue weighted by Gasteiger charge is 2.16. The molecule has 130 valence electrons. The number of imidazole rings is 1. The highest BCUT2D eigenvalue weighted by molar-refractivity contribution is 7.84. The number of benzene rings is 1. The average molecular weight is 357 g/mol. The Morgan fingerprint density at radius 1 is 1.28 bits per heavy atom. The van der Waals surface area contributed by atoms with Crippen molar-refractivity contribution < 1.29 is 13.7 Å². The Kier molecular flexibility index (Phi) is 4.94. The van der Waals surface area contributed by atoms with Crippen molar-refractivity contribution in [2.75, 3.05) is 6.61 Å². The molecule has 25 heavy (non-hydrogen) atoms. The van der Waals surface area contributed by atoms with Gasteiger partial charge >= 0.3 is 5.97 Å². The van der Waals surface area contributed by atoms with Crippen LogP contribution in [0.2, 0.25) is 0 Å². The summed E-state index contributed by atoms with van der Waals surface area (Å²) < 4.78 is 17.7. The number of hydrogen-bond acceptors (Lipinski definition) is 5. The molecule has 1 N–H and O–H groups in total. The second kappa shape index (κ2) is 7.14. The molecule has 6 nitrogen and oxygen atoms in total. The van der Waals surface area contributed by atoms with Crippen molar-refractivity contribution in [3.05, 3.63) is 52.8 Å². The molecule has 1 aromatic carbocycles. The molecule has 0 spiro atoms. The molecular weight excluding hydrogens is 338 g/mol. The quantitative estimate of drug-likeness (QED) is 0.709. The van der Waals surface area contributed by atoms with Crippen LogP contribution in [0.1, 0.15) is 34.1 Å². The van der Waals surface area contributed by atoms with Crippen LogP contribution in [0.4, 0.5) is 0 Å². The highest BCUT2D eigenvalue weighted by Crippen LogP contribution is 2.21. The Balaban J connectivity index is 1.92. The topological polar surface area (TPSA) is 84.9 Å². The summed E-state index contributed by atoms with van der Waals surface area (Å²) in [5.41, 5.74) is 4.37. The van der Waals surface area contributed by atoms with Crippen LogP contribution in [0.25, 0.3) is 11.0 Å². The first-order valence-corrected chi connectivity index (χ1v) is 9.28. The van der Waals surface area contributed by atoms with Crippen molar-refractivity contribution in [3.63, 3.8) is 0 Å². The molecule has 0 aliphatic rings. The Morgan fingerprint density at radius 3 is 2.80 bits per heavy atom. The fourth-order valence-corrected chi connectivity index (χ4v) is 3.65. The third-order valence-corrected chi connectivity index (χ3v) is 5.06. The number of rotatable bonds is 5. The first-order valence-electron chi connectivity index (χ1n) is 7.96. The summed E-state index contributed by atoms with van der Waals surface area (Å²) in [7, 11) is -1.35. The smallest absolute Gasteiger partial charge is 0.338 e. The number of pyridine rings is 1. The van der Waals surface area contributed by atoms with Gasteiger partial charge in [0, 0.05) is 6.20 Å². The van der Waals surface area contributed by atoms with Crippen LogP contribution in [-0.2, 0) is 21.3 Å². The van der Waals surface area contributed by atoms with E-state index in [0.717, 1.165) is 22.3 Å². The molecular formula is C18H19N3O3S. The SMILES string of the molecule is CCOC(=O)c1cc2nc(S(=O)Cc3ncccc3C)[nH]c2cc1C. The minimum absolute atomic E-state index is 0.288. The molecule has 1 unspecified atom stereocenters. The van der Waals surface area contributed by atoms with Crippen molar-refractivity contribution >= 4 is 27.8 Å². The number of esters is 1. The maximum absolute atomic E-state index is 12.6. The number of H-pyrrole nitrogens is 1. The van der Waals surface area contributed by atoms with Gasteiger partial charge in [0.15, 0.2) is 5.16 Å². The van der Waals surface area contributed by atoms with Gasteiger partial charge in [-0.15, -0.1) is 0 Å². The van der Waals surface area contributed by atoms with Gasteiger partial charge < -0.3 is 9.72 Å². The number of carbonyl (C=O) groups excluding carboxylic acids is 1.